The molecule has 0 amide bonds. The van der Waals surface area contributed by atoms with Crippen LogP contribution in [0.4, 0.5) is 0 Å². The first kappa shape index (κ1) is 15.7. The predicted octanol–water partition coefficient (Wildman–Crippen LogP) is -0.712. The zero-order valence-electron chi connectivity index (χ0n) is 11.8. The smallest absolute Gasteiger partial charge is 0.323 e. The molecule has 1 saturated heterocycles. The van der Waals surface area contributed by atoms with Gasteiger partial charge in [-0.15, -0.1) is 0 Å². The number of aliphatic carboxylic acids is 1. The van der Waals surface area contributed by atoms with Crippen LogP contribution in [0, 0.1) is 0 Å². The molecular formula is C12H23N3O4S. The maximum absolute atomic E-state index is 11.5. The van der Waals surface area contributed by atoms with E-state index in [9.17, 15) is 18.3 Å². The lowest BCUT2D eigenvalue weighted by atomic mass is 9.79. The van der Waals surface area contributed by atoms with E-state index in [0.717, 1.165) is 12.8 Å². The minimum Gasteiger partial charge on any atom is -0.480 e. The summed E-state index contributed by atoms with van der Waals surface area (Å²) < 4.78 is 24.4. The van der Waals surface area contributed by atoms with Crippen LogP contribution in [0.15, 0.2) is 0 Å². The minimum absolute atomic E-state index is 0.145. The molecule has 2 fully saturated rings. The quantitative estimate of drug-likeness (QED) is 0.714. The molecule has 2 unspecified atom stereocenters. The Morgan fingerprint density at radius 2 is 1.90 bits per heavy atom. The molecule has 1 heterocycles. The Hall–Kier alpha value is -0.700. The Bertz CT molecular complexity index is 473. The fourth-order valence-electron chi connectivity index (χ4n) is 3.18. The molecule has 0 spiro atoms. The van der Waals surface area contributed by atoms with E-state index in [-0.39, 0.29) is 6.04 Å². The van der Waals surface area contributed by atoms with Crippen molar-refractivity contribution in [3.8, 4) is 0 Å². The van der Waals surface area contributed by atoms with Crippen LogP contribution in [0.1, 0.15) is 25.7 Å². The molecule has 8 heteroatoms. The lowest BCUT2D eigenvalue weighted by Crippen LogP contribution is -2.58. The first-order chi connectivity index (χ1) is 9.22. The van der Waals surface area contributed by atoms with E-state index in [0.29, 0.717) is 39.0 Å². The van der Waals surface area contributed by atoms with E-state index >= 15 is 0 Å². The Balaban J connectivity index is 1.95. The molecule has 20 heavy (non-hydrogen) atoms. The minimum atomic E-state index is -3.13. The summed E-state index contributed by atoms with van der Waals surface area (Å²) in [5.74, 6) is -0.933. The van der Waals surface area contributed by atoms with E-state index < -0.39 is 21.5 Å². The van der Waals surface area contributed by atoms with Gasteiger partial charge in [-0.3, -0.25) is 9.69 Å². The molecule has 0 aromatic heterocycles. The molecule has 7 nitrogen and oxygen atoms in total. The molecule has 116 valence electrons. The van der Waals surface area contributed by atoms with Gasteiger partial charge in [0.1, 0.15) is 5.54 Å². The van der Waals surface area contributed by atoms with Crippen LogP contribution in [-0.2, 0) is 14.8 Å². The standard InChI is InChI=1S/C12H23N3O4S/c1-20(18,19)15-7-5-14(6-8-15)10-3-2-4-12(13,9-10)11(16)17/h10H,2-9,13H2,1H3,(H,16,17). The average molecular weight is 305 g/mol. The van der Waals surface area contributed by atoms with Crippen molar-refractivity contribution in [1.82, 2.24) is 9.21 Å². The summed E-state index contributed by atoms with van der Waals surface area (Å²) in [6.07, 6.45) is 3.92. The third-order valence-corrected chi connectivity index (χ3v) is 5.75. The normalized spacial score (nSPS) is 34.0. The highest BCUT2D eigenvalue weighted by Gasteiger charge is 2.41. The zero-order chi connectivity index (χ0) is 15.0. The molecular weight excluding hydrogens is 282 g/mol. The summed E-state index contributed by atoms with van der Waals surface area (Å²) in [7, 11) is -3.13. The lowest BCUT2D eigenvalue weighted by Gasteiger charge is -2.43. The molecule has 0 radical (unpaired) electrons. The number of nitrogens with two attached hydrogens (primary N) is 1. The van der Waals surface area contributed by atoms with Crippen molar-refractivity contribution in [3.63, 3.8) is 0 Å². The van der Waals surface area contributed by atoms with Crippen molar-refractivity contribution >= 4 is 16.0 Å². The number of nitrogens with zero attached hydrogens (tertiary/aromatic N) is 2. The number of sulfonamides is 1. The summed E-state index contributed by atoms with van der Waals surface area (Å²) in [6, 6.07) is 0.145. The number of hydrogen-bond donors (Lipinski definition) is 2. The van der Waals surface area contributed by atoms with Crippen molar-refractivity contribution in [2.75, 3.05) is 32.4 Å². The van der Waals surface area contributed by atoms with Crippen molar-refractivity contribution < 1.29 is 18.3 Å². The van der Waals surface area contributed by atoms with E-state index in [4.69, 9.17) is 5.73 Å². The van der Waals surface area contributed by atoms with Crippen LogP contribution in [0.5, 0.6) is 0 Å². The molecule has 1 aliphatic heterocycles. The SMILES string of the molecule is CS(=O)(=O)N1CCN(C2CCCC(N)(C(=O)O)C2)CC1. The van der Waals surface area contributed by atoms with Crippen LogP contribution in [0.25, 0.3) is 0 Å². The Morgan fingerprint density at radius 3 is 2.40 bits per heavy atom. The maximum atomic E-state index is 11.5. The van der Waals surface area contributed by atoms with E-state index in [1.807, 2.05) is 0 Å². The predicted molar refractivity (Wildman–Crippen MR) is 74.8 cm³/mol. The van der Waals surface area contributed by atoms with Gasteiger partial charge in [0.15, 0.2) is 0 Å². The second-order valence-electron chi connectivity index (χ2n) is 5.91. The molecule has 3 N–H and O–H groups in total. The van der Waals surface area contributed by atoms with Gasteiger partial charge < -0.3 is 10.8 Å². The van der Waals surface area contributed by atoms with Crippen molar-refractivity contribution in [3.05, 3.63) is 0 Å². The lowest BCUT2D eigenvalue weighted by molar-refractivity contribution is -0.145. The van der Waals surface area contributed by atoms with Crippen LogP contribution in [0.3, 0.4) is 0 Å². The summed E-state index contributed by atoms with van der Waals surface area (Å²) in [6.45, 7) is 2.24. The molecule has 2 rings (SSSR count). The van der Waals surface area contributed by atoms with Gasteiger partial charge in [0, 0.05) is 32.2 Å². The number of carbonyl (C=O) groups is 1. The van der Waals surface area contributed by atoms with Crippen LogP contribution >= 0.6 is 0 Å². The van der Waals surface area contributed by atoms with Crippen LogP contribution in [0.2, 0.25) is 0 Å². The summed E-state index contributed by atoms with van der Waals surface area (Å²) in [4.78, 5) is 13.4. The Labute approximate surface area is 119 Å². The molecule has 2 aliphatic rings. The highest BCUT2D eigenvalue weighted by atomic mass is 32.2. The summed E-state index contributed by atoms with van der Waals surface area (Å²) in [5, 5.41) is 9.23. The van der Waals surface area contributed by atoms with Gasteiger partial charge in [0.2, 0.25) is 10.0 Å². The van der Waals surface area contributed by atoms with Gasteiger partial charge in [0.25, 0.3) is 0 Å². The summed E-state index contributed by atoms with van der Waals surface area (Å²) in [5.41, 5.74) is 4.83. The Kier molecular flexibility index (Phi) is 4.38. The maximum Gasteiger partial charge on any atom is 0.323 e. The third kappa shape index (κ3) is 3.30. The molecule has 2 atom stereocenters. The van der Waals surface area contributed by atoms with Gasteiger partial charge in [-0.1, -0.05) is 0 Å². The Morgan fingerprint density at radius 1 is 1.30 bits per heavy atom. The van der Waals surface area contributed by atoms with E-state index in [1.165, 1.54) is 10.6 Å². The van der Waals surface area contributed by atoms with Gasteiger partial charge in [0.05, 0.1) is 6.26 Å². The highest BCUT2D eigenvalue weighted by Crippen LogP contribution is 2.30. The average Bonchev–Trinajstić information content (AvgIpc) is 2.38. The largest absolute Gasteiger partial charge is 0.480 e. The molecule has 0 bridgehead atoms. The number of carboxylic acid groups (broad SMARTS) is 1. The van der Waals surface area contributed by atoms with Gasteiger partial charge in [-0.25, -0.2) is 8.42 Å². The van der Waals surface area contributed by atoms with Crippen molar-refractivity contribution in [2.45, 2.75) is 37.3 Å². The second-order valence-corrected chi connectivity index (χ2v) is 7.89. The highest BCUT2D eigenvalue weighted by molar-refractivity contribution is 7.88. The van der Waals surface area contributed by atoms with E-state index in [2.05, 4.69) is 4.90 Å². The monoisotopic (exact) mass is 305 g/mol. The zero-order valence-corrected chi connectivity index (χ0v) is 12.6. The molecule has 0 aromatic carbocycles. The van der Waals surface area contributed by atoms with Gasteiger partial charge in [-0.05, 0) is 25.7 Å². The number of rotatable bonds is 3. The first-order valence-electron chi connectivity index (χ1n) is 6.94. The number of carboxylic acids is 1. The van der Waals surface area contributed by atoms with Crippen molar-refractivity contribution in [1.29, 1.82) is 0 Å². The van der Waals surface area contributed by atoms with Crippen LogP contribution < -0.4 is 5.73 Å². The van der Waals surface area contributed by atoms with E-state index in [1.54, 1.807) is 0 Å². The summed E-state index contributed by atoms with van der Waals surface area (Å²) >= 11 is 0. The molecule has 0 aromatic rings. The van der Waals surface area contributed by atoms with Crippen molar-refractivity contribution in [2.24, 2.45) is 5.73 Å². The van der Waals surface area contributed by atoms with Gasteiger partial charge >= 0.3 is 5.97 Å². The van der Waals surface area contributed by atoms with Crippen LogP contribution in [-0.4, -0.2) is 72.7 Å². The fourth-order valence-corrected chi connectivity index (χ4v) is 4.01. The topological polar surface area (TPSA) is 104 Å². The molecule has 1 aliphatic carbocycles. The second kappa shape index (κ2) is 5.59. The first-order valence-corrected chi connectivity index (χ1v) is 8.79. The number of hydrogen-bond acceptors (Lipinski definition) is 5. The fraction of sp³-hybridized carbons (Fsp3) is 0.917. The molecule has 1 saturated carbocycles. The van der Waals surface area contributed by atoms with Gasteiger partial charge in [-0.2, -0.15) is 4.31 Å². The number of piperazine rings is 1. The third-order valence-electron chi connectivity index (χ3n) is 4.44.